The van der Waals surface area contributed by atoms with Crippen molar-refractivity contribution in [2.24, 2.45) is 11.5 Å². The quantitative estimate of drug-likeness (QED) is 0.823. The molecular formula is C12H16N2O4. The van der Waals surface area contributed by atoms with E-state index in [2.05, 4.69) is 0 Å². The molecule has 0 radical (unpaired) electrons. The number of hydrogen-bond donors (Lipinski definition) is 2. The predicted molar refractivity (Wildman–Crippen MR) is 65.0 cm³/mol. The molecule has 0 heterocycles. The fraction of sp³-hybridized carbons (Fsp3) is 0.333. The molecule has 18 heavy (non-hydrogen) atoms. The second-order valence-electron chi connectivity index (χ2n) is 3.87. The third kappa shape index (κ3) is 4.73. The van der Waals surface area contributed by atoms with E-state index in [1.807, 2.05) is 31.2 Å². The number of benzene rings is 1. The van der Waals surface area contributed by atoms with Crippen LogP contribution >= 0.6 is 0 Å². The molecule has 6 heteroatoms. The molecule has 0 aliphatic rings. The van der Waals surface area contributed by atoms with Gasteiger partial charge in [-0.25, -0.2) is 9.59 Å². The first-order valence-electron chi connectivity index (χ1n) is 5.40. The lowest BCUT2D eigenvalue weighted by atomic mass is 10.00. The molecular weight excluding hydrogens is 236 g/mol. The Kier molecular flexibility index (Phi) is 4.98. The molecule has 0 saturated heterocycles. The van der Waals surface area contributed by atoms with Crippen LogP contribution in [0.5, 0.6) is 0 Å². The van der Waals surface area contributed by atoms with Crippen LogP contribution in [0.1, 0.15) is 17.0 Å². The molecule has 98 valence electrons. The van der Waals surface area contributed by atoms with E-state index in [0.717, 1.165) is 11.1 Å². The first-order valence-corrected chi connectivity index (χ1v) is 5.40. The van der Waals surface area contributed by atoms with Crippen LogP contribution in [0.3, 0.4) is 0 Å². The summed E-state index contributed by atoms with van der Waals surface area (Å²) in [6.07, 6.45) is -1.74. The van der Waals surface area contributed by atoms with Crippen molar-refractivity contribution in [3.05, 3.63) is 35.4 Å². The van der Waals surface area contributed by atoms with Gasteiger partial charge in [0.05, 0.1) is 5.92 Å². The molecule has 4 N–H and O–H groups in total. The van der Waals surface area contributed by atoms with Crippen molar-refractivity contribution in [1.29, 1.82) is 0 Å². The lowest BCUT2D eigenvalue weighted by Gasteiger charge is -2.16. The van der Waals surface area contributed by atoms with E-state index in [9.17, 15) is 9.59 Å². The maximum atomic E-state index is 10.6. The standard InChI is InChI=1S/C12H16N2O4/c1-8-2-4-9(5-3-8)10(6-17-11(13)15)7-18-12(14)16/h2-5,10H,6-7H2,1H3,(H2,13,15)(H2,14,16). The summed E-state index contributed by atoms with van der Waals surface area (Å²) in [6.45, 7) is 2.02. The monoisotopic (exact) mass is 252 g/mol. The third-order valence-electron chi connectivity index (χ3n) is 2.40. The molecule has 0 bridgehead atoms. The second-order valence-corrected chi connectivity index (χ2v) is 3.87. The minimum Gasteiger partial charge on any atom is -0.449 e. The maximum absolute atomic E-state index is 10.6. The maximum Gasteiger partial charge on any atom is 0.404 e. The van der Waals surface area contributed by atoms with Crippen LogP contribution < -0.4 is 11.5 Å². The second kappa shape index (κ2) is 6.48. The lowest BCUT2D eigenvalue weighted by Crippen LogP contribution is -2.23. The molecule has 1 rings (SSSR count). The van der Waals surface area contributed by atoms with Gasteiger partial charge < -0.3 is 20.9 Å². The van der Waals surface area contributed by atoms with Crippen molar-refractivity contribution in [2.45, 2.75) is 12.8 Å². The molecule has 2 amide bonds. The van der Waals surface area contributed by atoms with Crippen LogP contribution in [0.2, 0.25) is 0 Å². The molecule has 0 aliphatic carbocycles. The number of ether oxygens (including phenoxy) is 2. The van der Waals surface area contributed by atoms with Gasteiger partial charge in [-0.3, -0.25) is 0 Å². The normalized spacial score (nSPS) is 10.1. The van der Waals surface area contributed by atoms with Gasteiger partial charge in [-0.05, 0) is 12.5 Å². The first-order chi connectivity index (χ1) is 8.49. The smallest absolute Gasteiger partial charge is 0.404 e. The van der Waals surface area contributed by atoms with Gasteiger partial charge in [0.2, 0.25) is 0 Å². The van der Waals surface area contributed by atoms with Crippen molar-refractivity contribution in [3.8, 4) is 0 Å². The Morgan fingerprint density at radius 1 is 1.06 bits per heavy atom. The Bertz CT molecular complexity index is 399. The van der Waals surface area contributed by atoms with Gasteiger partial charge in [0.1, 0.15) is 13.2 Å². The predicted octanol–water partition coefficient (Wildman–Crippen LogP) is 1.27. The Balaban J connectivity index is 2.71. The molecule has 0 unspecified atom stereocenters. The fourth-order valence-electron chi connectivity index (χ4n) is 1.44. The van der Waals surface area contributed by atoms with Crippen LogP contribution in [0, 0.1) is 6.92 Å². The summed E-state index contributed by atoms with van der Waals surface area (Å²) in [5.41, 5.74) is 11.8. The minimum absolute atomic E-state index is 0.0334. The van der Waals surface area contributed by atoms with Crippen molar-refractivity contribution in [2.75, 3.05) is 13.2 Å². The number of carbonyl (C=O) groups excluding carboxylic acids is 2. The van der Waals surface area contributed by atoms with Crippen molar-refractivity contribution in [1.82, 2.24) is 0 Å². The van der Waals surface area contributed by atoms with Gasteiger partial charge in [-0.1, -0.05) is 29.8 Å². The van der Waals surface area contributed by atoms with E-state index >= 15 is 0 Å². The molecule has 1 aromatic carbocycles. The topological polar surface area (TPSA) is 105 Å². The summed E-state index contributed by atoms with van der Waals surface area (Å²) in [6, 6.07) is 7.57. The summed E-state index contributed by atoms with van der Waals surface area (Å²) < 4.78 is 9.46. The van der Waals surface area contributed by atoms with E-state index in [1.165, 1.54) is 0 Å². The van der Waals surface area contributed by atoms with E-state index < -0.39 is 12.2 Å². The number of primary amides is 2. The van der Waals surface area contributed by atoms with Crippen LogP contribution in [0.4, 0.5) is 9.59 Å². The SMILES string of the molecule is Cc1ccc(C(COC(N)=O)COC(N)=O)cc1. The number of amides is 2. The third-order valence-corrected chi connectivity index (χ3v) is 2.40. The largest absolute Gasteiger partial charge is 0.449 e. The number of nitrogens with two attached hydrogens (primary N) is 2. The highest BCUT2D eigenvalue weighted by Crippen LogP contribution is 2.17. The Labute approximate surface area is 105 Å². The highest BCUT2D eigenvalue weighted by atomic mass is 16.6. The summed E-state index contributed by atoms with van der Waals surface area (Å²) in [5.74, 6) is -0.286. The molecule has 0 fully saturated rings. The summed E-state index contributed by atoms with van der Waals surface area (Å²) in [7, 11) is 0. The fourth-order valence-corrected chi connectivity index (χ4v) is 1.44. The molecule has 1 aromatic rings. The lowest BCUT2D eigenvalue weighted by molar-refractivity contribution is 0.116. The number of rotatable bonds is 5. The summed E-state index contributed by atoms with van der Waals surface area (Å²) in [5, 5.41) is 0. The number of aryl methyl sites for hydroxylation is 1. The molecule has 0 spiro atoms. The first kappa shape index (κ1) is 13.8. The Morgan fingerprint density at radius 2 is 1.50 bits per heavy atom. The number of hydrogen-bond acceptors (Lipinski definition) is 4. The van der Waals surface area contributed by atoms with Crippen molar-refractivity contribution in [3.63, 3.8) is 0 Å². The summed E-state index contributed by atoms with van der Waals surface area (Å²) in [4.78, 5) is 21.2. The van der Waals surface area contributed by atoms with E-state index in [1.54, 1.807) is 0 Å². The van der Waals surface area contributed by atoms with E-state index in [0.29, 0.717) is 0 Å². The average Bonchev–Trinajstić information content (AvgIpc) is 2.30. The Hall–Kier alpha value is -2.24. The van der Waals surface area contributed by atoms with Gasteiger partial charge >= 0.3 is 12.2 Å². The van der Waals surface area contributed by atoms with Gasteiger partial charge in [-0.15, -0.1) is 0 Å². The van der Waals surface area contributed by atoms with Gasteiger partial charge in [0, 0.05) is 0 Å². The highest BCUT2D eigenvalue weighted by molar-refractivity contribution is 5.65. The van der Waals surface area contributed by atoms with Gasteiger partial charge in [0.15, 0.2) is 0 Å². The molecule has 0 aromatic heterocycles. The zero-order valence-electron chi connectivity index (χ0n) is 10.1. The highest BCUT2D eigenvalue weighted by Gasteiger charge is 2.15. The minimum atomic E-state index is -0.869. The average molecular weight is 252 g/mol. The zero-order valence-corrected chi connectivity index (χ0v) is 10.1. The Morgan fingerprint density at radius 3 is 1.89 bits per heavy atom. The van der Waals surface area contributed by atoms with Crippen molar-refractivity contribution < 1.29 is 19.1 Å². The van der Waals surface area contributed by atoms with Crippen LogP contribution in [0.15, 0.2) is 24.3 Å². The molecule has 0 aliphatic heterocycles. The molecule has 0 saturated carbocycles. The number of carbonyl (C=O) groups is 2. The zero-order chi connectivity index (χ0) is 13.5. The van der Waals surface area contributed by atoms with Crippen LogP contribution in [-0.2, 0) is 9.47 Å². The van der Waals surface area contributed by atoms with Crippen LogP contribution in [0.25, 0.3) is 0 Å². The molecule has 0 atom stereocenters. The van der Waals surface area contributed by atoms with Gasteiger partial charge in [-0.2, -0.15) is 0 Å². The van der Waals surface area contributed by atoms with Crippen molar-refractivity contribution >= 4 is 12.2 Å². The van der Waals surface area contributed by atoms with Crippen LogP contribution in [-0.4, -0.2) is 25.4 Å². The molecule has 6 nitrogen and oxygen atoms in total. The summed E-state index contributed by atoms with van der Waals surface area (Å²) >= 11 is 0. The van der Waals surface area contributed by atoms with E-state index in [-0.39, 0.29) is 19.1 Å². The van der Waals surface area contributed by atoms with Gasteiger partial charge in [0.25, 0.3) is 0 Å². The van der Waals surface area contributed by atoms with E-state index in [4.69, 9.17) is 20.9 Å².